The van der Waals surface area contributed by atoms with Gasteiger partial charge < -0.3 is 14.6 Å². The number of carbonyl (C=O) groups is 2. The second kappa shape index (κ2) is 7.67. The zero-order valence-corrected chi connectivity index (χ0v) is 15.2. The third-order valence-electron chi connectivity index (χ3n) is 4.23. The third kappa shape index (κ3) is 3.88. The number of carbonyl (C=O) groups excluding carboxylic acids is 2. The summed E-state index contributed by atoms with van der Waals surface area (Å²) in [7, 11) is 0. The molecule has 0 atom stereocenters. The average molecular weight is 379 g/mol. The fourth-order valence-corrected chi connectivity index (χ4v) is 3.80. The highest BCUT2D eigenvalue weighted by atomic mass is 32.2. The van der Waals surface area contributed by atoms with Gasteiger partial charge in [0, 0.05) is 10.5 Å². The highest BCUT2D eigenvalue weighted by Crippen LogP contribution is 2.36. The van der Waals surface area contributed by atoms with Gasteiger partial charge in [0.2, 0.25) is 11.8 Å². The number of hydrogen-bond acceptors (Lipinski definition) is 5. The van der Waals surface area contributed by atoms with Crippen LogP contribution in [-0.2, 0) is 17.9 Å². The first-order chi connectivity index (χ1) is 13.2. The lowest BCUT2D eigenvalue weighted by Gasteiger charge is -2.29. The van der Waals surface area contributed by atoms with Crippen molar-refractivity contribution in [3.63, 3.8) is 0 Å². The highest BCUT2D eigenvalue weighted by molar-refractivity contribution is 8.00. The molecule has 0 unspecified atom stereocenters. The molecular weight excluding hydrogens is 362 g/mol. The number of amides is 2. The largest absolute Gasteiger partial charge is 0.447 e. The summed E-state index contributed by atoms with van der Waals surface area (Å²) >= 11 is 1.50. The van der Waals surface area contributed by atoms with E-state index in [1.165, 1.54) is 24.2 Å². The number of aromatic nitrogens is 1. The van der Waals surface area contributed by atoms with Crippen LogP contribution in [0.1, 0.15) is 21.8 Å². The Bertz CT molecular complexity index is 958. The molecule has 1 aromatic heterocycles. The first-order valence-electron chi connectivity index (χ1n) is 8.48. The second-order valence-corrected chi connectivity index (χ2v) is 7.06. The van der Waals surface area contributed by atoms with E-state index >= 15 is 0 Å². The lowest BCUT2D eigenvalue weighted by molar-refractivity contribution is -0.116. The van der Waals surface area contributed by atoms with Crippen LogP contribution in [0.2, 0.25) is 0 Å². The molecule has 1 aliphatic rings. The van der Waals surface area contributed by atoms with Crippen LogP contribution in [0.4, 0.5) is 5.69 Å². The van der Waals surface area contributed by atoms with E-state index in [0.29, 0.717) is 23.8 Å². The molecule has 2 amide bonds. The molecule has 6 nitrogen and oxygen atoms in total. The topological polar surface area (TPSA) is 75.4 Å². The van der Waals surface area contributed by atoms with E-state index in [9.17, 15) is 9.59 Å². The van der Waals surface area contributed by atoms with E-state index in [1.807, 2.05) is 36.4 Å². The van der Waals surface area contributed by atoms with Crippen molar-refractivity contribution in [3.8, 4) is 0 Å². The van der Waals surface area contributed by atoms with E-state index in [0.717, 1.165) is 16.1 Å². The number of rotatable bonds is 5. The van der Waals surface area contributed by atoms with E-state index in [2.05, 4.69) is 10.3 Å². The average Bonchev–Trinajstić information content (AvgIpc) is 3.22. The maximum Gasteiger partial charge on any atom is 0.251 e. The van der Waals surface area contributed by atoms with Gasteiger partial charge in [0.25, 0.3) is 5.91 Å². The van der Waals surface area contributed by atoms with Gasteiger partial charge in [-0.3, -0.25) is 9.59 Å². The zero-order chi connectivity index (χ0) is 18.6. The smallest absolute Gasteiger partial charge is 0.251 e. The molecule has 0 radical (unpaired) electrons. The molecule has 0 aliphatic carbocycles. The molecule has 27 heavy (non-hydrogen) atoms. The number of nitrogens with one attached hydrogen (secondary N) is 1. The predicted molar refractivity (Wildman–Crippen MR) is 102 cm³/mol. The molecule has 1 aliphatic heterocycles. The van der Waals surface area contributed by atoms with Crippen LogP contribution < -0.4 is 10.2 Å². The summed E-state index contributed by atoms with van der Waals surface area (Å²) in [6, 6.07) is 15.3. The Labute approximate surface area is 160 Å². The maximum absolute atomic E-state index is 12.5. The lowest BCUT2D eigenvalue weighted by atomic mass is 10.1. The Morgan fingerprint density at radius 1 is 1.22 bits per heavy atom. The monoisotopic (exact) mass is 379 g/mol. The SMILES string of the molecule is O=C(NCc1ncco1)c1ccc2c(c1)N(Cc1ccccc1)C(=O)CS2. The zero-order valence-electron chi connectivity index (χ0n) is 14.4. The quantitative estimate of drug-likeness (QED) is 0.737. The van der Waals surface area contributed by atoms with Crippen LogP contribution in [0.25, 0.3) is 0 Å². The molecule has 0 bridgehead atoms. The molecule has 1 N–H and O–H groups in total. The van der Waals surface area contributed by atoms with Crippen molar-refractivity contribution in [2.45, 2.75) is 18.0 Å². The molecule has 2 aromatic carbocycles. The van der Waals surface area contributed by atoms with Crippen LogP contribution >= 0.6 is 11.8 Å². The summed E-state index contributed by atoms with van der Waals surface area (Å²) in [5.74, 6) is 0.639. The minimum Gasteiger partial charge on any atom is -0.447 e. The van der Waals surface area contributed by atoms with Crippen LogP contribution in [0.3, 0.4) is 0 Å². The van der Waals surface area contributed by atoms with E-state index < -0.39 is 0 Å². The second-order valence-electron chi connectivity index (χ2n) is 6.05. The van der Waals surface area contributed by atoms with Crippen LogP contribution in [0.5, 0.6) is 0 Å². The number of nitrogens with zero attached hydrogens (tertiary/aromatic N) is 2. The van der Waals surface area contributed by atoms with Gasteiger partial charge in [-0.2, -0.15) is 0 Å². The van der Waals surface area contributed by atoms with E-state index in [4.69, 9.17) is 4.42 Å². The number of anilines is 1. The molecule has 3 aromatic rings. The minimum atomic E-state index is -0.237. The van der Waals surface area contributed by atoms with E-state index in [1.54, 1.807) is 17.0 Å². The Morgan fingerprint density at radius 3 is 2.85 bits per heavy atom. The number of hydrogen-bond donors (Lipinski definition) is 1. The summed E-state index contributed by atoms with van der Waals surface area (Å²) < 4.78 is 5.13. The Balaban J connectivity index is 1.56. The van der Waals surface area contributed by atoms with Crippen molar-refractivity contribution in [2.75, 3.05) is 10.7 Å². The highest BCUT2D eigenvalue weighted by Gasteiger charge is 2.26. The number of thioether (sulfide) groups is 1. The number of oxazole rings is 1. The summed E-state index contributed by atoms with van der Waals surface area (Å²) in [5, 5.41) is 2.78. The maximum atomic E-state index is 12.5. The lowest BCUT2D eigenvalue weighted by Crippen LogP contribution is -2.35. The molecule has 0 saturated carbocycles. The van der Waals surface area contributed by atoms with Gasteiger partial charge in [0.15, 0.2) is 0 Å². The van der Waals surface area contributed by atoms with Crippen molar-refractivity contribution in [3.05, 3.63) is 78.0 Å². The van der Waals surface area contributed by atoms with Crippen LogP contribution in [0, 0.1) is 0 Å². The molecule has 7 heteroatoms. The fourth-order valence-electron chi connectivity index (χ4n) is 2.88. The molecule has 0 fully saturated rings. The fraction of sp³-hybridized carbons (Fsp3) is 0.150. The molecule has 136 valence electrons. The first kappa shape index (κ1) is 17.4. The van der Waals surface area contributed by atoms with Crippen molar-refractivity contribution in [1.82, 2.24) is 10.3 Å². The molecule has 2 heterocycles. The summed E-state index contributed by atoms with van der Waals surface area (Å²) in [5.41, 5.74) is 2.31. The minimum absolute atomic E-state index is 0.0358. The summed E-state index contributed by atoms with van der Waals surface area (Å²) in [4.78, 5) is 31.7. The van der Waals surface area contributed by atoms with Gasteiger partial charge in [-0.25, -0.2) is 4.98 Å². The van der Waals surface area contributed by atoms with Gasteiger partial charge in [0.1, 0.15) is 6.26 Å². The standard InChI is InChI=1S/C20H17N3O3S/c24-19-13-27-17-7-6-15(20(25)22-11-18-21-8-9-26-18)10-16(17)23(19)12-14-4-2-1-3-5-14/h1-10H,11-13H2,(H,22,25). The predicted octanol–water partition coefficient (Wildman–Crippen LogP) is 3.24. The Kier molecular flexibility index (Phi) is 4.93. The molecular formula is C20H17N3O3S. The third-order valence-corrected chi connectivity index (χ3v) is 5.28. The normalized spacial score (nSPS) is 13.3. The first-order valence-corrected chi connectivity index (χ1v) is 9.47. The van der Waals surface area contributed by atoms with Crippen molar-refractivity contribution in [1.29, 1.82) is 0 Å². The van der Waals surface area contributed by atoms with Gasteiger partial charge in [-0.1, -0.05) is 30.3 Å². The van der Waals surface area contributed by atoms with Crippen molar-refractivity contribution >= 4 is 29.3 Å². The molecule has 0 saturated heterocycles. The Morgan fingerprint density at radius 2 is 2.07 bits per heavy atom. The number of benzene rings is 2. The molecule has 4 rings (SSSR count). The van der Waals surface area contributed by atoms with Gasteiger partial charge >= 0.3 is 0 Å². The van der Waals surface area contributed by atoms with Crippen LogP contribution in [-0.4, -0.2) is 22.6 Å². The number of fused-ring (bicyclic) bond motifs is 1. The summed E-state index contributed by atoms with van der Waals surface area (Å²) in [6.07, 6.45) is 3.00. The summed E-state index contributed by atoms with van der Waals surface area (Å²) in [6.45, 7) is 0.693. The van der Waals surface area contributed by atoms with Crippen molar-refractivity contribution < 1.29 is 14.0 Å². The van der Waals surface area contributed by atoms with Crippen LogP contribution in [0.15, 0.2) is 70.3 Å². The van der Waals surface area contributed by atoms with Gasteiger partial charge in [0.05, 0.1) is 30.7 Å². The Hall–Kier alpha value is -3.06. The molecule has 0 spiro atoms. The van der Waals surface area contributed by atoms with Gasteiger partial charge in [-0.05, 0) is 23.8 Å². The van der Waals surface area contributed by atoms with Crippen molar-refractivity contribution in [2.24, 2.45) is 0 Å². The van der Waals surface area contributed by atoms with Gasteiger partial charge in [-0.15, -0.1) is 11.8 Å². The van der Waals surface area contributed by atoms with E-state index in [-0.39, 0.29) is 18.4 Å².